The fraction of sp³-hybridized carbons (Fsp3) is 0.360. The number of ether oxygens (including phenoxy) is 2. The first-order chi connectivity index (χ1) is 15.0. The third-order valence-electron chi connectivity index (χ3n) is 5.47. The van der Waals surface area contributed by atoms with E-state index in [4.69, 9.17) is 9.47 Å². The zero-order valence-electron chi connectivity index (χ0n) is 18.7. The molecule has 1 aliphatic rings. The van der Waals surface area contributed by atoms with Gasteiger partial charge in [0.25, 0.3) is 11.8 Å². The minimum Gasteiger partial charge on any atom is -0.493 e. The quantitative estimate of drug-likeness (QED) is 0.540. The number of nitrogens with zero attached hydrogens (tertiary/aromatic N) is 2. The molecule has 6 heteroatoms. The predicted molar refractivity (Wildman–Crippen MR) is 121 cm³/mol. The molecule has 2 aromatic carbocycles. The van der Waals surface area contributed by atoms with Gasteiger partial charge in [-0.05, 0) is 36.6 Å². The number of hydrogen-bond donors (Lipinski definition) is 0. The molecule has 0 saturated carbocycles. The van der Waals surface area contributed by atoms with Gasteiger partial charge in [0.05, 0.1) is 19.8 Å². The van der Waals surface area contributed by atoms with E-state index in [1.165, 1.54) is 4.90 Å². The van der Waals surface area contributed by atoms with Crippen LogP contribution in [0.5, 0.6) is 11.5 Å². The van der Waals surface area contributed by atoms with Crippen molar-refractivity contribution >= 4 is 17.4 Å². The number of carbonyl (C=O) groups excluding carboxylic acids is 2. The van der Waals surface area contributed by atoms with Crippen molar-refractivity contribution in [2.75, 3.05) is 27.3 Å². The molecular formula is C25H30N2O4. The summed E-state index contributed by atoms with van der Waals surface area (Å²) < 4.78 is 10.8. The van der Waals surface area contributed by atoms with E-state index in [9.17, 15) is 9.59 Å². The summed E-state index contributed by atoms with van der Waals surface area (Å²) in [6.45, 7) is 5.60. The fourth-order valence-electron chi connectivity index (χ4n) is 3.78. The van der Waals surface area contributed by atoms with Crippen molar-refractivity contribution < 1.29 is 19.1 Å². The Bertz CT molecular complexity index is 969. The second-order valence-electron chi connectivity index (χ2n) is 7.41. The first-order valence-electron chi connectivity index (χ1n) is 10.7. The lowest BCUT2D eigenvalue weighted by Crippen LogP contribution is -2.35. The Morgan fingerprint density at radius 1 is 0.903 bits per heavy atom. The number of rotatable bonds is 10. The van der Waals surface area contributed by atoms with Crippen LogP contribution in [0.25, 0.3) is 5.57 Å². The summed E-state index contributed by atoms with van der Waals surface area (Å²) in [6.07, 6.45) is 1.67. The molecule has 31 heavy (non-hydrogen) atoms. The summed E-state index contributed by atoms with van der Waals surface area (Å²) in [4.78, 5) is 30.2. The van der Waals surface area contributed by atoms with Gasteiger partial charge in [-0.3, -0.25) is 14.5 Å². The zero-order valence-corrected chi connectivity index (χ0v) is 18.7. The summed E-state index contributed by atoms with van der Waals surface area (Å²) in [5.74, 6) is 0.600. The Labute approximate surface area is 184 Å². The van der Waals surface area contributed by atoms with E-state index in [0.29, 0.717) is 48.0 Å². The highest BCUT2D eigenvalue weighted by Gasteiger charge is 2.41. The minimum atomic E-state index is -0.257. The molecule has 0 atom stereocenters. The Kier molecular flexibility index (Phi) is 7.34. The summed E-state index contributed by atoms with van der Waals surface area (Å²) in [5, 5.41) is 0. The lowest BCUT2D eigenvalue weighted by atomic mass is 10.0. The molecule has 0 spiro atoms. The third kappa shape index (κ3) is 4.58. The Morgan fingerprint density at radius 3 is 2.23 bits per heavy atom. The van der Waals surface area contributed by atoms with Crippen LogP contribution in [0.3, 0.4) is 0 Å². The van der Waals surface area contributed by atoms with Crippen molar-refractivity contribution in [2.45, 2.75) is 33.2 Å². The lowest BCUT2D eigenvalue weighted by Gasteiger charge is -2.25. The van der Waals surface area contributed by atoms with Gasteiger partial charge in [0.1, 0.15) is 5.70 Å². The summed E-state index contributed by atoms with van der Waals surface area (Å²) in [6, 6.07) is 15.3. The third-order valence-corrected chi connectivity index (χ3v) is 5.47. The number of likely N-dealkylation sites (N-methyl/N-ethyl adjacent to an activating group) is 1. The molecule has 3 rings (SSSR count). The molecule has 0 aliphatic carbocycles. The maximum atomic E-state index is 13.4. The molecular weight excluding hydrogens is 392 g/mol. The highest BCUT2D eigenvalue weighted by atomic mass is 16.5. The van der Waals surface area contributed by atoms with Crippen molar-refractivity contribution in [3.63, 3.8) is 0 Å². The van der Waals surface area contributed by atoms with Gasteiger partial charge in [0, 0.05) is 19.6 Å². The van der Waals surface area contributed by atoms with Gasteiger partial charge < -0.3 is 14.4 Å². The minimum absolute atomic E-state index is 0.235. The van der Waals surface area contributed by atoms with Gasteiger partial charge >= 0.3 is 0 Å². The van der Waals surface area contributed by atoms with Crippen molar-refractivity contribution in [3.8, 4) is 11.5 Å². The van der Waals surface area contributed by atoms with Crippen LogP contribution in [0.15, 0.2) is 54.2 Å². The van der Waals surface area contributed by atoms with E-state index < -0.39 is 0 Å². The van der Waals surface area contributed by atoms with Gasteiger partial charge in [-0.25, -0.2) is 0 Å². The van der Waals surface area contributed by atoms with Crippen LogP contribution < -0.4 is 9.47 Å². The average molecular weight is 423 g/mol. The number of methoxy groups -OCH3 is 2. The van der Waals surface area contributed by atoms with Gasteiger partial charge in [0.15, 0.2) is 11.5 Å². The van der Waals surface area contributed by atoms with E-state index in [1.54, 1.807) is 26.4 Å². The number of hydrogen-bond acceptors (Lipinski definition) is 5. The van der Waals surface area contributed by atoms with Crippen molar-refractivity contribution in [1.29, 1.82) is 0 Å². The molecule has 0 radical (unpaired) electrons. The van der Waals surface area contributed by atoms with E-state index in [-0.39, 0.29) is 11.8 Å². The molecule has 0 unspecified atom stereocenters. The number of unbranched alkanes of at least 4 members (excludes halogenated alkanes) is 1. The molecule has 0 saturated heterocycles. The van der Waals surface area contributed by atoms with Crippen LogP contribution >= 0.6 is 0 Å². The van der Waals surface area contributed by atoms with Gasteiger partial charge in [-0.2, -0.15) is 0 Å². The van der Waals surface area contributed by atoms with Crippen LogP contribution in [0.1, 0.15) is 37.8 Å². The maximum absolute atomic E-state index is 13.4. The molecule has 164 valence electrons. The highest BCUT2D eigenvalue weighted by Crippen LogP contribution is 2.36. The number of benzene rings is 2. The smallest absolute Gasteiger partial charge is 0.277 e. The van der Waals surface area contributed by atoms with Gasteiger partial charge in [-0.1, -0.05) is 49.7 Å². The van der Waals surface area contributed by atoms with E-state index in [2.05, 4.69) is 0 Å². The Balaban J connectivity index is 2.10. The summed E-state index contributed by atoms with van der Waals surface area (Å²) >= 11 is 0. The average Bonchev–Trinajstić information content (AvgIpc) is 3.05. The standard InChI is InChI=1S/C25H30N2O4/c1-5-7-15-27-24(28)22(19-13-14-20(30-3)21(16-19)31-4)23(25(27)29)26(6-2)17-18-11-9-8-10-12-18/h8-14,16H,5-7,15,17H2,1-4H3. The molecule has 6 nitrogen and oxygen atoms in total. The van der Waals surface area contributed by atoms with Crippen LogP contribution in [-0.4, -0.2) is 48.9 Å². The molecule has 1 heterocycles. The zero-order chi connectivity index (χ0) is 22.4. The second-order valence-corrected chi connectivity index (χ2v) is 7.41. The van der Waals surface area contributed by atoms with Crippen LogP contribution in [-0.2, 0) is 16.1 Å². The van der Waals surface area contributed by atoms with Crippen molar-refractivity contribution in [3.05, 3.63) is 65.4 Å². The Morgan fingerprint density at radius 2 is 1.61 bits per heavy atom. The van der Waals surface area contributed by atoms with E-state index in [0.717, 1.165) is 18.4 Å². The molecule has 1 aliphatic heterocycles. The molecule has 2 aromatic rings. The number of imide groups is 1. The van der Waals surface area contributed by atoms with E-state index >= 15 is 0 Å². The largest absolute Gasteiger partial charge is 0.493 e. The fourth-order valence-corrected chi connectivity index (χ4v) is 3.78. The lowest BCUT2D eigenvalue weighted by molar-refractivity contribution is -0.137. The topological polar surface area (TPSA) is 59.1 Å². The summed E-state index contributed by atoms with van der Waals surface area (Å²) in [7, 11) is 3.12. The monoisotopic (exact) mass is 422 g/mol. The molecule has 0 N–H and O–H groups in total. The van der Waals surface area contributed by atoms with Crippen LogP contribution in [0.4, 0.5) is 0 Å². The predicted octanol–water partition coefficient (Wildman–Crippen LogP) is 4.11. The number of amides is 2. The highest BCUT2D eigenvalue weighted by molar-refractivity contribution is 6.35. The van der Waals surface area contributed by atoms with Gasteiger partial charge in [0.2, 0.25) is 0 Å². The second kappa shape index (κ2) is 10.2. The first kappa shape index (κ1) is 22.4. The SMILES string of the molecule is CCCCN1C(=O)C(c2ccc(OC)c(OC)c2)=C(N(CC)Cc2ccccc2)C1=O. The van der Waals surface area contributed by atoms with Crippen molar-refractivity contribution in [2.24, 2.45) is 0 Å². The molecule has 2 amide bonds. The number of carbonyl (C=O) groups is 2. The summed E-state index contributed by atoms with van der Waals surface area (Å²) in [5.41, 5.74) is 2.59. The van der Waals surface area contributed by atoms with E-state index in [1.807, 2.05) is 55.1 Å². The molecule has 0 fully saturated rings. The molecule has 0 aromatic heterocycles. The Hall–Kier alpha value is -3.28. The normalized spacial score (nSPS) is 13.7. The maximum Gasteiger partial charge on any atom is 0.277 e. The van der Waals surface area contributed by atoms with Crippen LogP contribution in [0, 0.1) is 0 Å². The molecule has 0 bridgehead atoms. The van der Waals surface area contributed by atoms with Crippen molar-refractivity contribution in [1.82, 2.24) is 9.80 Å². The van der Waals surface area contributed by atoms with Crippen LogP contribution in [0.2, 0.25) is 0 Å². The first-order valence-corrected chi connectivity index (χ1v) is 10.7. The van der Waals surface area contributed by atoms with Gasteiger partial charge in [-0.15, -0.1) is 0 Å².